The molecule has 0 unspecified atom stereocenters. The highest BCUT2D eigenvalue weighted by Gasteiger charge is 2.43. The third kappa shape index (κ3) is 5.61. The molecule has 8 heterocycles. The van der Waals surface area contributed by atoms with Crippen LogP contribution in [-0.4, -0.2) is 124 Å². The summed E-state index contributed by atoms with van der Waals surface area (Å²) < 4.78 is 33.9. The van der Waals surface area contributed by atoms with Crippen LogP contribution in [0.1, 0.15) is 86.0 Å². The molecule has 4 fully saturated rings. The summed E-state index contributed by atoms with van der Waals surface area (Å²) >= 11 is 0. The molecule has 6 aliphatic heterocycles. The first-order valence-electron chi connectivity index (χ1n) is 20.2. The maximum atomic E-state index is 5.79. The second kappa shape index (κ2) is 14.7. The molecule has 2 aromatic heterocycles. The van der Waals surface area contributed by atoms with Crippen molar-refractivity contribution in [2.24, 2.45) is 0 Å². The van der Waals surface area contributed by atoms with Crippen LogP contribution in [0.5, 0.6) is 34.5 Å². The Kier molecular flexibility index (Phi) is 9.74. The van der Waals surface area contributed by atoms with E-state index in [2.05, 4.69) is 41.7 Å². The molecule has 0 aliphatic carbocycles. The van der Waals surface area contributed by atoms with Crippen LogP contribution in [-0.2, 0) is 12.8 Å². The van der Waals surface area contributed by atoms with Crippen LogP contribution in [0.15, 0.2) is 12.1 Å². The van der Waals surface area contributed by atoms with E-state index in [-0.39, 0.29) is 0 Å². The van der Waals surface area contributed by atoms with Gasteiger partial charge in [0.1, 0.15) is 0 Å². The van der Waals surface area contributed by atoms with Crippen molar-refractivity contribution in [3.63, 3.8) is 0 Å². The fraction of sp³-hybridized carbons (Fsp3) is 0.619. The molecule has 4 aromatic rings. The van der Waals surface area contributed by atoms with Crippen LogP contribution in [0.2, 0.25) is 0 Å². The van der Waals surface area contributed by atoms with E-state index in [1.807, 2.05) is 0 Å². The number of H-pyrrole nitrogens is 2. The Hall–Kier alpha value is -3.84. The number of benzene rings is 2. The molecule has 0 spiro atoms. The second-order valence-corrected chi connectivity index (χ2v) is 15.8. The fourth-order valence-corrected chi connectivity index (χ4v) is 11.2. The summed E-state index contributed by atoms with van der Waals surface area (Å²) in [5, 5.41) is 2.33. The van der Waals surface area contributed by atoms with Crippen molar-refractivity contribution in [1.29, 1.82) is 0 Å². The summed E-state index contributed by atoms with van der Waals surface area (Å²) in [6.45, 7) is 7.15. The molecule has 12 heteroatoms. The fourth-order valence-electron chi connectivity index (χ4n) is 11.2. The molecule has 0 bridgehead atoms. The first-order chi connectivity index (χ1) is 26.5. The molecule has 12 nitrogen and oxygen atoms in total. The smallest absolute Gasteiger partial charge is 0.204 e. The van der Waals surface area contributed by atoms with Crippen molar-refractivity contribution in [3.05, 3.63) is 34.6 Å². The molecule has 10 rings (SSSR count). The van der Waals surface area contributed by atoms with E-state index in [0.29, 0.717) is 47.4 Å². The number of piperidine rings is 2. The van der Waals surface area contributed by atoms with E-state index in [1.165, 1.54) is 100 Å². The summed E-state index contributed by atoms with van der Waals surface area (Å²) in [6, 6.07) is 5.05. The van der Waals surface area contributed by atoms with Crippen LogP contribution < -0.4 is 28.4 Å². The number of aromatic nitrogens is 2. The number of hydrogen-bond donors (Lipinski definition) is 2. The lowest BCUT2D eigenvalue weighted by molar-refractivity contribution is -0.0600. The minimum Gasteiger partial charge on any atom is -0.493 e. The maximum Gasteiger partial charge on any atom is 0.204 e. The maximum absolute atomic E-state index is 5.79. The Morgan fingerprint density at radius 2 is 0.907 bits per heavy atom. The van der Waals surface area contributed by atoms with Gasteiger partial charge in [-0.3, -0.25) is 19.6 Å². The summed E-state index contributed by atoms with van der Waals surface area (Å²) in [6.07, 6.45) is 13.7. The van der Waals surface area contributed by atoms with E-state index in [1.54, 1.807) is 42.7 Å². The monoisotopic (exact) mass is 742 g/mol. The second-order valence-electron chi connectivity index (χ2n) is 15.8. The van der Waals surface area contributed by atoms with E-state index < -0.39 is 0 Å². The number of ether oxygens (including phenoxy) is 6. The molecule has 4 saturated heterocycles. The number of nitrogens with one attached hydrogen (secondary N) is 2. The highest BCUT2D eigenvalue weighted by molar-refractivity contribution is 5.96. The summed E-state index contributed by atoms with van der Waals surface area (Å²) in [4.78, 5) is 18.3. The van der Waals surface area contributed by atoms with Crippen molar-refractivity contribution in [1.82, 2.24) is 29.6 Å². The number of aromatic amines is 2. The Labute approximate surface area is 318 Å². The molecule has 4 atom stereocenters. The molecule has 2 aromatic carbocycles. The van der Waals surface area contributed by atoms with Gasteiger partial charge in [0.2, 0.25) is 11.5 Å². The minimum atomic E-state index is 0.474. The third-order valence-electron chi connectivity index (χ3n) is 13.5. The van der Waals surface area contributed by atoms with Gasteiger partial charge in [-0.2, -0.15) is 0 Å². The highest BCUT2D eigenvalue weighted by atomic mass is 16.5. The minimum absolute atomic E-state index is 0.474. The van der Waals surface area contributed by atoms with Crippen molar-refractivity contribution in [2.75, 3.05) is 81.9 Å². The average Bonchev–Trinajstić information content (AvgIpc) is 3.80. The zero-order valence-corrected chi connectivity index (χ0v) is 33.0. The summed E-state index contributed by atoms with van der Waals surface area (Å²) in [5.74, 6) is 4.34. The topological polar surface area (TPSA) is 99.9 Å². The summed E-state index contributed by atoms with van der Waals surface area (Å²) in [7, 11) is 10.1. The lowest BCUT2D eigenvalue weighted by Gasteiger charge is -2.52. The van der Waals surface area contributed by atoms with E-state index in [4.69, 9.17) is 28.4 Å². The number of nitrogens with zero attached hydrogens (tertiary/aromatic N) is 4. The lowest BCUT2D eigenvalue weighted by atomic mass is 9.90. The molecule has 54 heavy (non-hydrogen) atoms. The molecule has 0 amide bonds. The van der Waals surface area contributed by atoms with Gasteiger partial charge < -0.3 is 38.4 Å². The first kappa shape index (κ1) is 35.8. The Morgan fingerprint density at radius 3 is 1.30 bits per heavy atom. The average molecular weight is 743 g/mol. The molecular formula is C42H58N6O6. The zero-order chi connectivity index (χ0) is 37.1. The van der Waals surface area contributed by atoms with Gasteiger partial charge in [-0.05, 0) is 88.4 Å². The first-order valence-corrected chi connectivity index (χ1v) is 20.2. The van der Waals surface area contributed by atoms with Gasteiger partial charge in [0.25, 0.3) is 0 Å². The van der Waals surface area contributed by atoms with Crippen LogP contribution in [0.25, 0.3) is 21.8 Å². The Morgan fingerprint density at radius 1 is 0.481 bits per heavy atom. The van der Waals surface area contributed by atoms with Gasteiger partial charge >= 0.3 is 0 Å². The largest absolute Gasteiger partial charge is 0.493 e. The van der Waals surface area contributed by atoms with Crippen molar-refractivity contribution < 1.29 is 28.4 Å². The van der Waals surface area contributed by atoms with Crippen molar-refractivity contribution in [3.8, 4) is 34.5 Å². The molecule has 292 valence electrons. The third-order valence-corrected chi connectivity index (χ3v) is 13.5. The van der Waals surface area contributed by atoms with Crippen LogP contribution in [0.4, 0.5) is 0 Å². The number of rotatable bonds is 6. The van der Waals surface area contributed by atoms with Gasteiger partial charge in [-0.25, -0.2) is 0 Å². The lowest BCUT2D eigenvalue weighted by Crippen LogP contribution is -2.58. The highest BCUT2D eigenvalue weighted by Crippen LogP contribution is 2.51. The normalized spacial score (nSPS) is 25.6. The Balaban J connectivity index is 0.000000142. The van der Waals surface area contributed by atoms with E-state index in [0.717, 1.165) is 59.2 Å². The Bertz CT molecular complexity index is 1870. The summed E-state index contributed by atoms with van der Waals surface area (Å²) in [5.41, 5.74) is 7.71. The van der Waals surface area contributed by atoms with Crippen LogP contribution in [0, 0.1) is 0 Å². The van der Waals surface area contributed by atoms with Crippen molar-refractivity contribution in [2.45, 2.75) is 88.6 Å². The van der Waals surface area contributed by atoms with E-state index in [9.17, 15) is 0 Å². The van der Waals surface area contributed by atoms with Gasteiger partial charge in [0.15, 0.2) is 23.0 Å². The number of methoxy groups -OCH3 is 6. The number of fused-ring (bicyclic) bond motifs is 14. The van der Waals surface area contributed by atoms with E-state index >= 15 is 0 Å². The predicted octanol–water partition coefficient (Wildman–Crippen LogP) is 6.62. The zero-order valence-electron chi connectivity index (χ0n) is 33.0. The molecule has 2 N–H and O–H groups in total. The molecule has 6 aliphatic rings. The molecule has 0 saturated carbocycles. The number of hydrogen-bond acceptors (Lipinski definition) is 10. The van der Waals surface area contributed by atoms with Gasteiger partial charge in [0.05, 0.1) is 78.1 Å². The van der Waals surface area contributed by atoms with Gasteiger partial charge in [-0.15, -0.1) is 0 Å². The SMILES string of the molecule is COc1cc2[nH]c3c(c2c(OC)c1OC)CCN1[C@@H]3CCN2CCCC[C@H]21.COc1cc2[nH]c3c(c2c(OC)c1OC)CCN1[C@H]3CCN2CCCC[C@@H]21. The standard InChI is InChI=1S/2C21H29N3O3/c2*1-25-16-12-14-18(21(27-3)20(16)26-2)13-7-11-24-15(19(13)22-14)8-10-23-9-5-4-6-17(23)24/h2*12,15,17,22H,4-11H2,1-3H3/t2*15-,17-/m10/s1. The van der Waals surface area contributed by atoms with Gasteiger partial charge in [0, 0.05) is 60.5 Å². The van der Waals surface area contributed by atoms with Crippen molar-refractivity contribution >= 4 is 21.8 Å². The quantitative estimate of drug-likeness (QED) is 0.225. The van der Waals surface area contributed by atoms with Gasteiger partial charge in [-0.1, -0.05) is 0 Å². The van der Waals surface area contributed by atoms with Crippen LogP contribution in [0.3, 0.4) is 0 Å². The molecule has 0 radical (unpaired) electrons. The van der Waals surface area contributed by atoms with Crippen LogP contribution >= 0.6 is 0 Å². The predicted molar refractivity (Wildman–Crippen MR) is 210 cm³/mol. The molecular weight excluding hydrogens is 684 g/mol.